The van der Waals surface area contributed by atoms with E-state index in [2.05, 4.69) is 15.5 Å². The lowest BCUT2D eigenvalue weighted by Gasteiger charge is -2.20. The second kappa shape index (κ2) is 8.74. The van der Waals surface area contributed by atoms with Crippen LogP contribution in [0.1, 0.15) is 20.3 Å². The van der Waals surface area contributed by atoms with Crippen molar-refractivity contribution in [3.63, 3.8) is 0 Å². The molecule has 2 aromatic heterocycles. The van der Waals surface area contributed by atoms with Crippen LogP contribution in [0.5, 0.6) is 0 Å². The summed E-state index contributed by atoms with van der Waals surface area (Å²) in [6.45, 7) is 5.26. The number of nitrogens with zero attached hydrogens (tertiary/aromatic N) is 3. The van der Waals surface area contributed by atoms with Crippen molar-refractivity contribution >= 4 is 35.4 Å². The smallest absolute Gasteiger partial charge is 0.239 e. The Morgan fingerprint density at radius 2 is 2.25 bits per heavy atom. The van der Waals surface area contributed by atoms with Gasteiger partial charge < -0.3 is 10.2 Å². The highest BCUT2D eigenvalue weighted by Gasteiger charge is 2.17. The lowest BCUT2D eigenvalue weighted by Crippen LogP contribution is -2.40. The quantitative estimate of drug-likeness (QED) is 0.700. The summed E-state index contributed by atoms with van der Waals surface area (Å²) in [6, 6.07) is 3.90. The van der Waals surface area contributed by atoms with E-state index >= 15 is 0 Å². The zero-order chi connectivity index (χ0) is 17.5. The van der Waals surface area contributed by atoms with Crippen molar-refractivity contribution in [2.45, 2.75) is 26.8 Å². The number of carbonyl (C=O) groups is 2. The average Bonchev–Trinajstić information content (AvgIpc) is 3.20. The highest BCUT2D eigenvalue weighted by molar-refractivity contribution is 7.71. The summed E-state index contributed by atoms with van der Waals surface area (Å²) in [7, 11) is 0. The summed E-state index contributed by atoms with van der Waals surface area (Å²) in [5, 5.41) is 11.7. The van der Waals surface area contributed by atoms with E-state index in [-0.39, 0.29) is 24.8 Å². The number of rotatable bonds is 8. The summed E-state index contributed by atoms with van der Waals surface area (Å²) in [5.41, 5.74) is 0. The first kappa shape index (κ1) is 18.3. The Kier molecular flexibility index (Phi) is 6.68. The Balaban J connectivity index is 2.02. The molecular weight excluding hydrogens is 346 g/mol. The molecule has 0 unspecified atom stereocenters. The van der Waals surface area contributed by atoms with Gasteiger partial charge in [0, 0.05) is 26.1 Å². The molecule has 0 aliphatic carbocycles. The number of amides is 2. The van der Waals surface area contributed by atoms with E-state index in [0.717, 1.165) is 10.7 Å². The van der Waals surface area contributed by atoms with Gasteiger partial charge in [0.05, 0.1) is 11.4 Å². The third-order valence-electron chi connectivity index (χ3n) is 3.49. The monoisotopic (exact) mass is 367 g/mol. The predicted molar refractivity (Wildman–Crippen MR) is 96.3 cm³/mol. The van der Waals surface area contributed by atoms with E-state index in [9.17, 15) is 9.59 Å². The number of carbonyl (C=O) groups excluding carboxylic acids is 2. The minimum absolute atomic E-state index is 0.0796. The minimum atomic E-state index is -0.146. The fourth-order valence-corrected chi connectivity index (χ4v) is 3.23. The molecule has 0 atom stereocenters. The number of hydrogen-bond acceptors (Lipinski definition) is 5. The predicted octanol–water partition coefficient (Wildman–Crippen LogP) is 2.04. The Morgan fingerprint density at radius 3 is 2.88 bits per heavy atom. The van der Waals surface area contributed by atoms with Crippen molar-refractivity contribution in [2.75, 3.05) is 19.6 Å². The van der Waals surface area contributed by atoms with Crippen LogP contribution < -0.4 is 5.32 Å². The molecule has 2 heterocycles. The van der Waals surface area contributed by atoms with Gasteiger partial charge in [0.15, 0.2) is 10.6 Å². The van der Waals surface area contributed by atoms with Gasteiger partial charge >= 0.3 is 0 Å². The molecule has 0 saturated carbocycles. The van der Waals surface area contributed by atoms with Crippen molar-refractivity contribution in [3.05, 3.63) is 22.3 Å². The van der Waals surface area contributed by atoms with Gasteiger partial charge in [0.25, 0.3) is 0 Å². The fraction of sp³-hybridized carbons (Fsp3) is 0.467. The zero-order valence-electron chi connectivity index (χ0n) is 13.7. The number of aromatic nitrogens is 3. The Hall–Kier alpha value is -2.00. The fourth-order valence-electron chi connectivity index (χ4n) is 2.29. The molecule has 0 bridgehead atoms. The van der Waals surface area contributed by atoms with Crippen LogP contribution >= 0.6 is 23.6 Å². The van der Waals surface area contributed by atoms with Crippen molar-refractivity contribution in [3.8, 4) is 10.7 Å². The molecule has 0 spiro atoms. The molecule has 7 nitrogen and oxygen atoms in total. The Bertz CT molecular complexity index is 735. The first-order valence-electron chi connectivity index (χ1n) is 7.80. The number of likely N-dealkylation sites (N-methyl/N-ethyl adjacent to an activating group) is 2. The summed E-state index contributed by atoms with van der Waals surface area (Å²) in [5.74, 6) is 0.505. The van der Waals surface area contributed by atoms with Gasteiger partial charge in [-0.15, -0.1) is 11.3 Å². The van der Waals surface area contributed by atoms with Gasteiger partial charge in [-0.05, 0) is 37.5 Å². The molecule has 0 fully saturated rings. The topological polar surface area (TPSA) is 83.0 Å². The Morgan fingerprint density at radius 1 is 1.46 bits per heavy atom. The third-order valence-corrected chi connectivity index (χ3v) is 4.67. The van der Waals surface area contributed by atoms with Crippen LogP contribution in [-0.2, 0) is 16.1 Å². The molecule has 2 N–H and O–H groups in total. The second-order valence-corrected chi connectivity index (χ2v) is 6.43. The summed E-state index contributed by atoms with van der Waals surface area (Å²) in [4.78, 5) is 26.6. The average molecular weight is 368 g/mol. The molecule has 2 rings (SSSR count). The number of H-pyrrole nitrogens is 1. The normalized spacial score (nSPS) is 10.6. The largest absolute Gasteiger partial charge is 0.355 e. The minimum Gasteiger partial charge on any atom is -0.355 e. The molecule has 2 amide bonds. The number of hydrogen-bond donors (Lipinski definition) is 2. The van der Waals surface area contributed by atoms with Crippen molar-refractivity contribution < 1.29 is 9.59 Å². The molecule has 24 heavy (non-hydrogen) atoms. The Labute approximate surface area is 149 Å². The molecule has 0 aromatic carbocycles. The molecule has 0 aliphatic rings. The van der Waals surface area contributed by atoms with Gasteiger partial charge in [-0.25, -0.2) is 0 Å². The van der Waals surface area contributed by atoms with Crippen LogP contribution in [0.15, 0.2) is 17.5 Å². The van der Waals surface area contributed by atoms with Crippen LogP contribution in [0.3, 0.4) is 0 Å². The standard InChI is InChI=1S/C15H21N5O2S2/c1-3-16-12(21)10-19(4-2)13(22)7-8-20-14(17-18-15(20)23)11-6-5-9-24-11/h5-6,9H,3-4,7-8,10H2,1-2H3,(H,16,21)(H,18,23). The first-order chi connectivity index (χ1) is 11.6. The maximum absolute atomic E-state index is 12.4. The van der Waals surface area contributed by atoms with Gasteiger partial charge in [0.2, 0.25) is 11.8 Å². The van der Waals surface area contributed by atoms with Gasteiger partial charge in [0.1, 0.15) is 0 Å². The van der Waals surface area contributed by atoms with E-state index < -0.39 is 0 Å². The summed E-state index contributed by atoms with van der Waals surface area (Å²) in [6.07, 6.45) is 0.263. The van der Waals surface area contributed by atoms with E-state index in [4.69, 9.17) is 12.2 Å². The van der Waals surface area contributed by atoms with Crippen LogP contribution in [0.2, 0.25) is 0 Å². The van der Waals surface area contributed by atoms with Crippen molar-refractivity contribution in [1.82, 2.24) is 25.0 Å². The van der Waals surface area contributed by atoms with E-state index in [1.165, 1.54) is 0 Å². The SMILES string of the molecule is CCNC(=O)CN(CC)C(=O)CCn1c(-c2cccs2)n[nH]c1=S. The molecule has 2 aromatic rings. The number of aromatic amines is 1. The molecular formula is C15H21N5O2S2. The highest BCUT2D eigenvalue weighted by atomic mass is 32.1. The van der Waals surface area contributed by atoms with Crippen LogP contribution in [0.25, 0.3) is 10.7 Å². The van der Waals surface area contributed by atoms with Crippen LogP contribution in [0, 0.1) is 4.77 Å². The van der Waals surface area contributed by atoms with E-state index in [0.29, 0.717) is 24.4 Å². The van der Waals surface area contributed by atoms with Gasteiger partial charge in [-0.2, -0.15) is 5.10 Å². The lowest BCUT2D eigenvalue weighted by molar-refractivity contribution is -0.136. The third kappa shape index (κ3) is 4.51. The van der Waals surface area contributed by atoms with E-state index in [1.54, 1.807) is 16.2 Å². The zero-order valence-corrected chi connectivity index (χ0v) is 15.4. The second-order valence-electron chi connectivity index (χ2n) is 5.09. The maximum atomic E-state index is 12.4. The lowest BCUT2D eigenvalue weighted by atomic mass is 10.3. The number of nitrogens with one attached hydrogen (secondary N) is 2. The van der Waals surface area contributed by atoms with Crippen LogP contribution in [0.4, 0.5) is 0 Å². The van der Waals surface area contributed by atoms with Gasteiger partial charge in [-0.1, -0.05) is 6.07 Å². The van der Waals surface area contributed by atoms with E-state index in [1.807, 2.05) is 35.9 Å². The molecule has 130 valence electrons. The highest BCUT2D eigenvalue weighted by Crippen LogP contribution is 2.22. The molecule has 0 aliphatic heterocycles. The molecule has 0 saturated heterocycles. The van der Waals surface area contributed by atoms with Crippen molar-refractivity contribution in [2.24, 2.45) is 0 Å². The summed E-state index contributed by atoms with van der Waals surface area (Å²) < 4.78 is 2.30. The van der Waals surface area contributed by atoms with Crippen LogP contribution in [-0.4, -0.2) is 51.1 Å². The van der Waals surface area contributed by atoms with Crippen molar-refractivity contribution in [1.29, 1.82) is 0 Å². The number of thiophene rings is 1. The molecule has 9 heteroatoms. The van der Waals surface area contributed by atoms with Gasteiger partial charge in [-0.3, -0.25) is 19.3 Å². The maximum Gasteiger partial charge on any atom is 0.239 e. The summed E-state index contributed by atoms with van der Waals surface area (Å²) >= 11 is 6.82. The molecule has 0 radical (unpaired) electrons. The first-order valence-corrected chi connectivity index (χ1v) is 9.09.